The fourth-order valence-electron chi connectivity index (χ4n) is 14.3. The van der Waals surface area contributed by atoms with Crippen LogP contribution in [0.1, 0.15) is 188 Å². The number of anilines is 3. The molecule has 125 heavy (non-hydrogen) atoms. The first-order chi connectivity index (χ1) is 59.0. The molecule has 1 aliphatic rings. The van der Waals surface area contributed by atoms with Crippen molar-refractivity contribution >= 4 is 110 Å². The number of halogens is 4. The Kier molecular flexibility index (Phi) is 28.0. The topological polar surface area (TPSA) is 265 Å². The second-order valence-corrected chi connectivity index (χ2v) is 35.8. The molecule has 0 saturated heterocycles. The van der Waals surface area contributed by atoms with E-state index in [1.165, 1.54) is 78.1 Å². The van der Waals surface area contributed by atoms with Crippen LogP contribution in [-0.2, 0) is 38.2 Å². The van der Waals surface area contributed by atoms with Crippen LogP contribution in [0.15, 0.2) is 201 Å². The van der Waals surface area contributed by atoms with Gasteiger partial charge in [0.05, 0.1) is 41.0 Å². The molecule has 24 nitrogen and oxygen atoms in total. The lowest BCUT2D eigenvalue weighted by Gasteiger charge is -2.28. The van der Waals surface area contributed by atoms with Crippen LogP contribution in [0.25, 0.3) is 66.8 Å². The molecule has 0 atom stereocenters. The number of hydrogen-bond donors (Lipinski definition) is 3. The van der Waals surface area contributed by atoms with Crippen LogP contribution in [-0.4, -0.2) is 137 Å². The summed E-state index contributed by atoms with van der Waals surface area (Å²) in [6, 6.07) is 47.0. The SMILES string of the molecule is CC(C)c1cnn2c(N(CCc3cn(C(=O)OC(C)(C)C)c4ccccc34)C(=O)OC(C)(C)C)cc(-c3cccc(F)c3)nc12.CC(C)c1cnn2c(N(CCc3cn(C(=O)OC(C)(C)C)c4ccccc34)C(=O)OC(C)(C)C)cc(Cl)nc12.CC(C)c1cnn2c(NCCC3=CCc4ccccc43)cc(-c3cccc(F)c3)nc12.OB(O)c1cccc(F)c1. The minimum Gasteiger partial charge on any atom is -0.443 e. The van der Waals surface area contributed by atoms with E-state index < -0.39 is 65.5 Å². The van der Waals surface area contributed by atoms with Gasteiger partial charge in [-0.1, -0.05) is 156 Å². The number of carbonyl (C=O) groups is 4. The van der Waals surface area contributed by atoms with Gasteiger partial charge in [0.2, 0.25) is 0 Å². The van der Waals surface area contributed by atoms with E-state index in [-0.39, 0.29) is 41.4 Å². The summed E-state index contributed by atoms with van der Waals surface area (Å²) in [5, 5.41) is 36.4. The number of para-hydroxylation sites is 2. The largest absolute Gasteiger partial charge is 0.488 e. The van der Waals surface area contributed by atoms with Gasteiger partial charge in [-0.3, -0.25) is 18.9 Å². The zero-order valence-electron chi connectivity index (χ0n) is 73.8. The summed E-state index contributed by atoms with van der Waals surface area (Å²) in [5.74, 6) is 1.17. The van der Waals surface area contributed by atoms with Gasteiger partial charge < -0.3 is 34.3 Å². The van der Waals surface area contributed by atoms with Gasteiger partial charge in [-0.2, -0.15) is 28.8 Å². The average molecular weight is 1720 g/mol. The van der Waals surface area contributed by atoms with Crippen LogP contribution >= 0.6 is 11.6 Å². The summed E-state index contributed by atoms with van der Waals surface area (Å²) in [5.41, 5.74) is 12.1. The molecule has 0 spiro atoms. The fraction of sp³-hybridized carbons (Fsp3) is 0.333. The van der Waals surface area contributed by atoms with Crippen molar-refractivity contribution in [2.24, 2.45) is 0 Å². The Hall–Kier alpha value is -12.7. The summed E-state index contributed by atoms with van der Waals surface area (Å²) in [6.07, 6.45) is 11.9. The Morgan fingerprint density at radius 2 is 0.904 bits per heavy atom. The van der Waals surface area contributed by atoms with Crippen LogP contribution in [0.2, 0.25) is 5.15 Å². The Bertz CT molecular complexity index is 6300. The van der Waals surface area contributed by atoms with Gasteiger partial charge in [-0.25, -0.2) is 47.3 Å². The Labute approximate surface area is 730 Å². The molecule has 15 rings (SSSR count). The highest BCUT2D eigenvalue weighted by Gasteiger charge is 2.32. The lowest BCUT2D eigenvalue weighted by molar-refractivity contribution is 0.0533. The summed E-state index contributed by atoms with van der Waals surface area (Å²) in [4.78, 5) is 70.7. The lowest BCUT2D eigenvalue weighted by Crippen LogP contribution is -2.39. The molecule has 3 N–H and O–H groups in total. The maximum atomic E-state index is 14.3. The maximum absolute atomic E-state index is 14.3. The van der Waals surface area contributed by atoms with Crippen molar-refractivity contribution in [3.63, 3.8) is 0 Å². The third-order valence-corrected chi connectivity index (χ3v) is 20.3. The molecule has 29 heteroatoms. The van der Waals surface area contributed by atoms with Crippen LogP contribution in [0, 0.1) is 17.5 Å². The van der Waals surface area contributed by atoms with Crippen molar-refractivity contribution < 1.29 is 61.3 Å². The zero-order chi connectivity index (χ0) is 90.3. The monoisotopic (exact) mass is 1720 g/mol. The number of carbonyl (C=O) groups excluding carboxylic acids is 4. The number of hydrogen-bond acceptors (Lipinski definition) is 17. The number of fused-ring (bicyclic) bond motifs is 6. The van der Waals surface area contributed by atoms with E-state index in [1.807, 2.05) is 182 Å². The summed E-state index contributed by atoms with van der Waals surface area (Å²) in [6.45, 7) is 35.5. The number of ether oxygens (including phenoxy) is 4. The van der Waals surface area contributed by atoms with E-state index in [4.69, 9.17) is 50.6 Å². The smallest absolute Gasteiger partial charge is 0.443 e. The molecular weight excluding hydrogens is 1610 g/mol. The van der Waals surface area contributed by atoms with Crippen molar-refractivity contribution in [3.05, 3.63) is 262 Å². The Morgan fingerprint density at radius 1 is 0.488 bits per heavy atom. The van der Waals surface area contributed by atoms with Gasteiger partial charge in [0, 0.05) is 88.8 Å². The molecule has 0 bridgehead atoms. The molecule has 0 fully saturated rings. The summed E-state index contributed by atoms with van der Waals surface area (Å²) >= 11 is 6.44. The van der Waals surface area contributed by atoms with Gasteiger partial charge >= 0.3 is 31.5 Å². The highest BCUT2D eigenvalue weighted by atomic mass is 35.5. The molecular formula is C96H107BClF3N14O10. The molecule has 652 valence electrons. The number of aromatic nitrogens is 11. The van der Waals surface area contributed by atoms with Gasteiger partial charge in [-0.05, 0) is 208 Å². The first-order valence-electron chi connectivity index (χ1n) is 41.7. The number of nitrogens with zero attached hydrogens (tertiary/aromatic N) is 13. The van der Waals surface area contributed by atoms with E-state index >= 15 is 0 Å². The minimum atomic E-state index is -1.59. The second-order valence-electron chi connectivity index (χ2n) is 35.5. The number of allylic oxidation sites excluding steroid dienone is 1. The summed E-state index contributed by atoms with van der Waals surface area (Å²) < 4.78 is 71.5. The molecule has 8 heterocycles. The lowest BCUT2D eigenvalue weighted by atomic mass is 9.80. The molecule has 1 aliphatic carbocycles. The van der Waals surface area contributed by atoms with Crippen molar-refractivity contribution in [2.45, 2.75) is 190 Å². The van der Waals surface area contributed by atoms with Crippen molar-refractivity contribution in [1.29, 1.82) is 0 Å². The Balaban J connectivity index is 0.000000163. The van der Waals surface area contributed by atoms with Crippen LogP contribution in [0.3, 0.4) is 0 Å². The molecule has 0 unspecified atom stereocenters. The van der Waals surface area contributed by atoms with Crippen LogP contribution < -0.4 is 20.6 Å². The van der Waals surface area contributed by atoms with Crippen LogP contribution in [0.4, 0.5) is 49.8 Å². The average Bonchev–Trinajstić information content (AvgIpc) is 1.69. The first-order valence-corrected chi connectivity index (χ1v) is 42.1. The normalized spacial score (nSPS) is 12.2. The van der Waals surface area contributed by atoms with E-state index in [1.54, 1.807) is 64.2 Å². The standard InChI is InChI=1S/C35H40FN5O4.C29H36ClN5O4.C26H25FN4.C6H6BFO2/c1-22(2)27-20-37-41-30(19-28(38-31(27)41)23-12-11-13-25(36)18-23)39(32(42)44-34(3,4)5)17-16-24-21-40(33(43)45-35(6,7)8)29-15-10-9-14-26(24)29;1-18(2)21-16-31-35-24(15-23(30)32-25(21)35)33(26(36)38-28(3,4)5)14-13-19-17-34(27(37)39-29(6,7)8)22-12-10-9-11-20(19)22;1-17(2)23-16-29-31-25(15-24(30-26(23)31)20-7-5-8-21(27)14-20)28-13-12-19-11-10-18-6-3-4-9-22(18)19;8-6-3-1-2-5(4-6)7(9)10/h9-15,18-22H,16-17H2,1-8H3;9-12,15-18H,13-14H2,1-8H3;3-9,11,14-17,28H,10,12-13H2,1-2H3;1-4,9-10H. The van der Waals surface area contributed by atoms with E-state index in [0.29, 0.717) is 58.5 Å². The molecule has 6 aromatic carbocycles. The number of amides is 2. The van der Waals surface area contributed by atoms with Gasteiger partial charge in [0.15, 0.2) is 16.9 Å². The predicted octanol–water partition coefficient (Wildman–Crippen LogP) is 21.2. The third-order valence-electron chi connectivity index (χ3n) is 20.1. The van der Waals surface area contributed by atoms with Gasteiger partial charge in [0.1, 0.15) is 62.5 Å². The number of rotatable bonds is 18. The molecule has 0 aliphatic heterocycles. The van der Waals surface area contributed by atoms with Gasteiger partial charge in [-0.15, -0.1) is 0 Å². The van der Waals surface area contributed by atoms with E-state index in [9.17, 15) is 32.3 Å². The number of benzene rings is 6. The van der Waals surface area contributed by atoms with E-state index in [0.717, 1.165) is 92.3 Å². The van der Waals surface area contributed by atoms with Crippen LogP contribution in [0.5, 0.6) is 0 Å². The minimum absolute atomic E-state index is 0.0968. The molecule has 14 aromatic rings. The molecule has 2 amide bonds. The first kappa shape index (κ1) is 91.5. The molecule has 0 saturated carbocycles. The van der Waals surface area contributed by atoms with Gasteiger partial charge in [0.25, 0.3) is 0 Å². The number of nitrogens with one attached hydrogen (secondary N) is 1. The molecule has 8 aromatic heterocycles. The molecule has 0 radical (unpaired) electrons. The highest BCUT2D eigenvalue weighted by molar-refractivity contribution is 6.58. The van der Waals surface area contributed by atoms with E-state index in [2.05, 4.69) is 69.8 Å². The van der Waals surface area contributed by atoms with Crippen molar-refractivity contribution in [3.8, 4) is 22.5 Å². The van der Waals surface area contributed by atoms with Crippen molar-refractivity contribution in [2.75, 3.05) is 34.8 Å². The fourth-order valence-corrected chi connectivity index (χ4v) is 14.5. The Morgan fingerprint density at radius 3 is 1.35 bits per heavy atom. The summed E-state index contributed by atoms with van der Waals surface area (Å²) in [7, 11) is -1.59. The zero-order valence-corrected chi connectivity index (χ0v) is 74.6. The van der Waals surface area contributed by atoms with Crippen molar-refractivity contribution in [1.82, 2.24) is 52.9 Å². The maximum Gasteiger partial charge on any atom is 0.488 e. The third kappa shape index (κ3) is 22.7. The quantitative estimate of drug-likeness (QED) is 0.0409. The second kappa shape index (κ2) is 38.2. The predicted molar refractivity (Wildman–Crippen MR) is 486 cm³/mol. The highest BCUT2D eigenvalue weighted by Crippen LogP contribution is 2.36.